The molecule has 2 aliphatic rings. The molecular weight excluding hydrogens is 392 g/mol. The lowest BCUT2D eigenvalue weighted by molar-refractivity contribution is -0.149. The van der Waals surface area contributed by atoms with Crippen molar-refractivity contribution in [1.82, 2.24) is 0 Å². The number of aliphatic hydroxyl groups is 1. The summed E-state index contributed by atoms with van der Waals surface area (Å²) in [6, 6.07) is 10.8. The summed E-state index contributed by atoms with van der Waals surface area (Å²) in [5.74, 6) is 0.702. The van der Waals surface area contributed by atoms with E-state index >= 15 is 0 Å². The van der Waals surface area contributed by atoms with Gasteiger partial charge in [-0.1, -0.05) is 12.1 Å². The number of rotatable bonds is 6. The summed E-state index contributed by atoms with van der Waals surface area (Å²) in [6.07, 6.45) is -1.17. The Kier molecular flexibility index (Phi) is 5.69. The van der Waals surface area contributed by atoms with E-state index in [0.717, 1.165) is 11.1 Å². The summed E-state index contributed by atoms with van der Waals surface area (Å²) in [7, 11) is 4.44. The van der Waals surface area contributed by atoms with Crippen LogP contribution < -0.4 is 18.9 Å². The van der Waals surface area contributed by atoms with Gasteiger partial charge in [-0.3, -0.25) is 4.79 Å². The minimum Gasteiger partial charge on any atom is -0.493 e. The van der Waals surface area contributed by atoms with Crippen LogP contribution in [0.15, 0.2) is 36.4 Å². The van der Waals surface area contributed by atoms with Gasteiger partial charge < -0.3 is 33.5 Å². The summed E-state index contributed by atoms with van der Waals surface area (Å²) in [5, 5.41) is 10.2. The van der Waals surface area contributed by atoms with Gasteiger partial charge in [0.1, 0.15) is 0 Å². The van der Waals surface area contributed by atoms with E-state index in [-0.39, 0.29) is 13.4 Å². The molecule has 8 heteroatoms. The zero-order valence-electron chi connectivity index (χ0n) is 17.0. The average molecular weight is 416 g/mol. The second-order valence-corrected chi connectivity index (χ2v) is 7.10. The second-order valence-electron chi connectivity index (χ2n) is 7.10. The highest BCUT2D eigenvalue weighted by Gasteiger charge is 2.50. The monoisotopic (exact) mass is 416 g/mol. The molecule has 1 N–H and O–H groups in total. The molecule has 0 unspecified atom stereocenters. The third-order valence-electron chi connectivity index (χ3n) is 5.61. The van der Waals surface area contributed by atoms with Crippen molar-refractivity contribution in [3.8, 4) is 23.0 Å². The summed E-state index contributed by atoms with van der Waals surface area (Å²) in [5.41, 5.74) is 1.51. The fourth-order valence-electron chi connectivity index (χ4n) is 4.13. The number of fused-ring (bicyclic) bond motifs is 1. The molecule has 1 fully saturated rings. The molecule has 2 aliphatic heterocycles. The maximum atomic E-state index is 12.7. The third-order valence-corrected chi connectivity index (χ3v) is 5.61. The van der Waals surface area contributed by atoms with Crippen LogP contribution in [-0.4, -0.2) is 45.8 Å². The quantitative estimate of drug-likeness (QED) is 0.719. The molecule has 0 aliphatic carbocycles. The van der Waals surface area contributed by atoms with Crippen LogP contribution in [0.25, 0.3) is 0 Å². The first-order valence-electron chi connectivity index (χ1n) is 9.56. The maximum Gasteiger partial charge on any atom is 0.312 e. The van der Waals surface area contributed by atoms with Crippen molar-refractivity contribution in [3.05, 3.63) is 47.5 Å². The summed E-state index contributed by atoms with van der Waals surface area (Å²) >= 11 is 0. The van der Waals surface area contributed by atoms with Gasteiger partial charge in [0, 0.05) is 12.5 Å². The van der Waals surface area contributed by atoms with Gasteiger partial charge >= 0.3 is 5.97 Å². The Labute approximate surface area is 174 Å². The van der Waals surface area contributed by atoms with Crippen LogP contribution in [0.2, 0.25) is 0 Å². The topological polar surface area (TPSA) is 92.7 Å². The first kappa shape index (κ1) is 20.3. The van der Waals surface area contributed by atoms with Crippen molar-refractivity contribution >= 4 is 5.97 Å². The Morgan fingerprint density at radius 2 is 1.67 bits per heavy atom. The van der Waals surface area contributed by atoms with E-state index in [1.54, 1.807) is 38.5 Å². The second kappa shape index (κ2) is 8.41. The molecule has 8 nitrogen and oxygen atoms in total. The van der Waals surface area contributed by atoms with Crippen molar-refractivity contribution in [2.24, 2.45) is 11.8 Å². The number of hydrogen-bond acceptors (Lipinski definition) is 8. The lowest BCUT2D eigenvalue weighted by Gasteiger charge is -2.21. The van der Waals surface area contributed by atoms with Crippen molar-refractivity contribution in [2.75, 3.05) is 34.7 Å². The molecule has 2 aromatic carbocycles. The van der Waals surface area contributed by atoms with E-state index in [1.165, 1.54) is 7.11 Å². The molecule has 30 heavy (non-hydrogen) atoms. The Balaban J connectivity index is 1.73. The summed E-state index contributed by atoms with van der Waals surface area (Å²) in [4.78, 5) is 12.7. The number of esters is 1. The molecule has 2 heterocycles. The minimum absolute atomic E-state index is 0.151. The number of benzene rings is 2. The van der Waals surface area contributed by atoms with E-state index in [0.29, 0.717) is 23.0 Å². The van der Waals surface area contributed by atoms with Gasteiger partial charge in [0.2, 0.25) is 6.79 Å². The highest BCUT2D eigenvalue weighted by atomic mass is 16.7. The smallest absolute Gasteiger partial charge is 0.312 e. The Morgan fingerprint density at radius 3 is 2.37 bits per heavy atom. The minimum atomic E-state index is -0.696. The average Bonchev–Trinajstić information content (AvgIpc) is 3.41. The van der Waals surface area contributed by atoms with Crippen LogP contribution in [0, 0.1) is 11.8 Å². The first-order valence-corrected chi connectivity index (χ1v) is 9.56. The van der Waals surface area contributed by atoms with Crippen LogP contribution >= 0.6 is 0 Å². The Morgan fingerprint density at radius 1 is 0.967 bits per heavy atom. The lowest BCUT2D eigenvalue weighted by Crippen LogP contribution is -2.28. The molecular formula is C22H24O8. The van der Waals surface area contributed by atoms with Gasteiger partial charge in [0.05, 0.1) is 39.5 Å². The largest absolute Gasteiger partial charge is 0.493 e. The van der Waals surface area contributed by atoms with Gasteiger partial charge in [0.15, 0.2) is 23.0 Å². The molecule has 160 valence electrons. The van der Waals surface area contributed by atoms with Crippen molar-refractivity contribution in [3.63, 3.8) is 0 Å². The van der Waals surface area contributed by atoms with Crippen LogP contribution in [0.5, 0.6) is 23.0 Å². The normalized spacial score (nSPS) is 24.5. The van der Waals surface area contributed by atoms with E-state index < -0.39 is 30.0 Å². The number of hydrogen-bond donors (Lipinski definition) is 1. The predicted molar refractivity (Wildman–Crippen MR) is 105 cm³/mol. The number of aliphatic hydroxyl groups excluding tert-OH is 1. The number of carbonyl (C=O) groups is 1. The molecule has 0 aromatic heterocycles. The van der Waals surface area contributed by atoms with Crippen LogP contribution in [0.3, 0.4) is 0 Å². The van der Waals surface area contributed by atoms with Crippen LogP contribution in [-0.2, 0) is 14.3 Å². The van der Waals surface area contributed by atoms with Crippen LogP contribution in [0.4, 0.5) is 0 Å². The molecule has 1 saturated heterocycles. The van der Waals surface area contributed by atoms with Crippen LogP contribution in [0.1, 0.15) is 23.3 Å². The highest BCUT2D eigenvalue weighted by molar-refractivity contribution is 5.74. The van der Waals surface area contributed by atoms with E-state index in [1.807, 2.05) is 12.1 Å². The summed E-state index contributed by atoms with van der Waals surface area (Å²) < 4.78 is 32.9. The molecule has 0 spiro atoms. The van der Waals surface area contributed by atoms with Crippen molar-refractivity contribution in [2.45, 2.75) is 12.2 Å². The third kappa shape index (κ3) is 3.42. The predicted octanol–water partition coefficient (Wildman–Crippen LogP) is 2.64. The van der Waals surface area contributed by atoms with E-state index in [4.69, 9.17) is 28.4 Å². The standard InChI is InChI=1S/C22H24O8/c1-25-15-6-4-12(8-17(15)26-2)20-14(10-23)19(22(24)27-3)21(30-20)13-5-7-16-18(9-13)29-11-28-16/h4-9,14,19-21,23H,10-11H2,1-3H3/t14-,19-,20+,21-/m1/s1. The van der Waals surface area contributed by atoms with E-state index in [9.17, 15) is 9.90 Å². The Bertz CT molecular complexity index is 927. The zero-order valence-corrected chi connectivity index (χ0v) is 17.0. The molecule has 0 saturated carbocycles. The Hall–Kier alpha value is -2.97. The fraction of sp³-hybridized carbons (Fsp3) is 0.409. The molecule has 0 amide bonds. The molecule has 4 atom stereocenters. The number of carbonyl (C=O) groups excluding carboxylic acids is 1. The maximum absolute atomic E-state index is 12.7. The van der Waals surface area contributed by atoms with E-state index in [2.05, 4.69) is 0 Å². The molecule has 4 rings (SSSR count). The molecule has 2 aromatic rings. The van der Waals surface area contributed by atoms with Gasteiger partial charge in [-0.25, -0.2) is 0 Å². The molecule has 0 radical (unpaired) electrons. The number of ether oxygens (including phenoxy) is 6. The van der Waals surface area contributed by atoms with Crippen molar-refractivity contribution < 1.29 is 38.3 Å². The van der Waals surface area contributed by atoms with Crippen molar-refractivity contribution in [1.29, 1.82) is 0 Å². The fourth-order valence-corrected chi connectivity index (χ4v) is 4.13. The van der Waals surface area contributed by atoms with Gasteiger partial charge in [-0.15, -0.1) is 0 Å². The zero-order chi connectivity index (χ0) is 21.3. The summed E-state index contributed by atoms with van der Waals surface area (Å²) in [6.45, 7) is -0.0991. The SMILES string of the molecule is COC(=O)[C@@H]1[C@@H](CO)[C@H](c2ccc(OC)c(OC)c2)O[C@@H]1c1ccc2c(c1)OCO2. The van der Waals surface area contributed by atoms with Gasteiger partial charge in [0.25, 0.3) is 0 Å². The first-order chi connectivity index (χ1) is 14.6. The number of methoxy groups -OCH3 is 3. The highest BCUT2D eigenvalue weighted by Crippen LogP contribution is 2.51. The molecule has 0 bridgehead atoms. The lowest BCUT2D eigenvalue weighted by atomic mass is 9.83. The van der Waals surface area contributed by atoms with Gasteiger partial charge in [-0.2, -0.15) is 0 Å². The van der Waals surface area contributed by atoms with Gasteiger partial charge in [-0.05, 0) is 35.4 Å².